The fourth-order valence-corrected chi connectivity index (χ4v) is 2.00. The number of nitrogens with two attached hydrogens (primary N) is 1. The van der Waals surface area contributed by atoms with Crippen LogP contribution in [0, 0.1) is 0 Å². The van der Waals surface area contributed by atoms with Crippen LogP contribution in [0.5, 0.6) is 0 Å². The van der Waals surface area contributed by atoms with Crippen molar-refractivity contribution in [1.29, 1.82) is 0 Å². The smallest absolute Gasteiger partial charge is 0.136 e. The molecule has 1 atom stereocenters. The van der Waals surface area contributed by atoms with Crippen LogP contribution in [-0.4, -0.2) is 22.6 Å². The molecule has 0 bridgehead atoms. The first-order chi connectivity index (χ1) is 6.83. The third-order valence-electron chi connectivity index (χ3n) is 2.81. The Hall–Kier alpha value is -1.16. The van der Waals surface area contributed by atoms with E-state index in [0.717, 1.165) is 17.9 Å². The highest BCUT2D eigenvalue weighted by molar-refractivity contribution is 5.47. The molecule has 1 aromatic rings. The van der Waals surface area contributed by atoms with Crippen LogP contribution in [0.3, 0.4) is 0 Å². The monoisotopic (exact) mass is 192 g/mol. The van der Waals surface area contributed by atoms with E-state index in [1.54, 1.807) is 6.33 Å². The van der Waals surface area contributed by atoms with Gasteiger partial charge in [-0.05, 0) is 19.8 Å². The molecule has 1 aromatic heterocycles. The van der Waals surface area contributed by atoms with Crippen LogP contribution in [0.4, 0.5) is 5.82 Å². The Morgan fingerprint density at radius 2 is 2.50 bits per heavy atom. The van der Waals surface area contributed by atoms with Crippen LogP contribution in [0.25, 0.3) is 0 Å². The molecule has 1 aliphatic rings. The van der Waals surface area contributed by atoms with E-state index in [0.29, 0.717) is 12.6 Å². The van der Waals surface area contributed by atoms with Crippen LogP contribution >= 0.6 is 0 Å². The minimum atomic E-state index is 0.513. The van der Waals surface area contributed by atoms with Crippen LogP contribution in [0.15, 0.2) is 12.5 Å². The molecule has 0 amide bonds. The third kappa shape index (κ3) is 1.57. The Kier molecular flexibility index (Phi) is 2.63. The van der Waals surface area contributed by atoms with Gasteiger partial charge in [-0.3, -0.25) is 0 Å². The zero-order valence-corrected chi connectivity index (χ0v) is 8.48. The molecule has 4 nitrogen and oxygen atoms in total. The number of hydrogen-bond donors (Lipinski definition) is 1. The second kappa shape index (κ2) is 3.92. The summed E-state index contributed by atoms with van der Waals surface area (Å²) >= 11 is 0. The van der Waals surface area contributed by atoms with E-state index in [1.807, 2.05) is 6.20 Å². The predicted octanol–water partition coefficient (Wildman–Crippen LogP) is 0.924. The maximum Gasteiger partial charge on any atom is 0.136 e. The van der Waals surface area contributed by atoms with E-state index in [9.17, 15) is 0 Å². The highest BCUT2D eigenvalue weighted by Gasteiger charge is 2.23. The lowest BCUT2D eigenvalue weighted by molar-refractivity contribution is 0.720. The average Bonchev–Trinajstić information content (AvgIpc) is 2.64. The molecule has 1 saturated heterocycles. The Bertz CT molecular complexity index is 313. The lowest BCUT2D eigenvalue weighted by Gasteiger charge is -2.24. The Morgan fingerprint density at radius 3 is 3.14 bits per heavy atom. The summed E-state index contributed by atoms with van der Waals surface area (Å²) in [5.74, 6) is 1.02. The van der Waals surface area contributed by atoms with Crippen molar-refractivity contribution in [3.63, 3.8) is 0 Å². The summed E-state index contributed by atoms with van der Waals surface area (Å²) < 4.78 is 0. The van der Waals surface area contributed by atoms with Gasteiger partial charge in [-0.15, -0.1) is 0 Å². The normalized spacial score (nSPS) is 21.6. The molecule has 2 rings (SSSR count). The van der Waals surface area contributed by atoms with Crippen LogP contribution in [0.1, 0.15) is 25.3 Å². The highest BCUT2D eigenvalue weighted by Crippen LogP contribution is 2.25. The average molecular weight is 192 g/mol. The van der Waals surface area contributed by atoms with E-state index in [2.05, 4.69) is 21.8 Å². The lowest BCUT2D eigenvalue weighted by atomic mass is 10.2. The molecule has 1 unspecified atom stereocenters. The van der Waals surface area contributed by atoms with Crippen LogP contribution in [-0.2, 0) is 6.54 Å². The molecule has 0 saturated carbocycles. The minimum absolute atomic E-state index is 0.513. The van der Waals surface area contributed by atoms with Crippen molar-refractivity contribution >= 4 is 5.82 Å². The first-order valence-electron chi connectivity index (χ1n) is 5.08. The first-order valence-corrected chi connectivity index (χ1v) is 5.08. The van der Waals surface area contributed by atoms with Gasteiger partial charge in [-0.1, -0.05) is 0 Å². The highest BCUT2D eigenvalue weighted by atomic mass is 15.2. The van der Waals surface area contributed by atoms with Gasteiger partial charge in [0.2, 0.25) is 0 Å². The number of anilines is 1. The van der Waals surface area contributed by atoms with Crippen LogP contribution in [0.2, 0.25) is 0 Å². The topological polar surface area (TPSA) is 55.0 Å². The van der Waals surface area contributed by atoms with Crippen LogP contribution < -0.4 is 10.6 Å². The number of rotatable bonds is 2. The fraction of sp³-hybridized carbons (Fsp3) is 0.600. The predicted molar refractivity (Wildman–Crippen MR) is 56.0 cm³/mol. The van der Waals surface area contributed by atoms with Gasteiger partial charge in [0.15, 0.2) is 0 Å². The summed E-state index contributed by atoms with van der Waals surface area (Å²) in [7, 11) is 0. The molecule has 0 aromatic carbocycles. The molecule has 2 N–H and O–H groups in total. The molecule has 1 aliphatic heterocycles. The third-order valence-corrected chi connectivity index (χ3v) is 2.81. The van der Waals surface area contributed by atoms with Gasteiger partial charge >= 0.3 is 0 Å². The summed E-state index contributed by atoms with van der Waals surface area (Å²) in [5.41, 5.74) is 6.70. The standard InChI is InChI=1S/C10H16N4/c1-8-3-2-4-14(8)10-9(5-11)6-12-7-13-10/h6-8H,2-5,11H2,1H3. The largest absolute Gasteiger partial charge is 0.354 e. The zero-order chi connectivity index (χ0) is 9.97. The molecule has 0 spiro atoms. The molecule has 0 aliphatic carbocycles. The molecule has 14 heavy (non-hydrogen) atoms. The van der Waals surface area contributed by atoms with Crippen molar-refractivity contribution in [2.45, 2.75) is 32.4 Å². The van der Waals surface area contributed by atoms with Gasteiger partial charge in [0.05, 0.1) is 0 Å². The summed E-state index contributed by atoms with van der Waals surface area (Å²) in [4.78, 5) is 10.6. The van der Waals surface area contributed by atoms with Crippen molar-refractivity contribution in [2.75, 3.05) is 11.4 Å². The van der Waals surface area contributed by atoms with Crippen molar-refractivity contribution in [1.82, 2.24) is 9.97 Å². The Morgan fingerprint density at radius 1 is 1.64 bits per heavy atom. The van der Waals surface area contributed by atoms with Crippen molar-refractivity contribution in [2.24, 2.45) is 5.73 Å². The van der Waals surface area contributed by atoms with Gasteiger partial charge in [0, 0.05) is 30.9 Å². The first kappa shape index (κ1) is 9.40. The number of nitrogens with zero attached hydrogens (tertiary/aromatic N) is 3. The Labute approximate surface area is 84.2 Å². The van der Waals surface area contributed by atoms with Crippen molar-refractivity contribution < 1.29 is 0 Å². The van der Waals surface area contributed by atoms with Gasteiger partial charge in [-0.2, -0.15) is 0 Å². The van der Waals surface area contributed by atoms with Crippen molar-refractivity contribution in [3.05, 3.63) is 18.1 Å². The summed E-state index contributed by atoms with van der Waals surface area (Å²) in [6.07, 6.45) is 5.90. The van der Waals surface area contributed by atoms with E-state index in [-0.39, 0.29) is 0 Å². The van der Waals surface area contributed by atoms with E-state index in [1.165, 1.54) is 12.8 Å². The molecule has 0 radical (unpaired) electrons. The number of aromatic nitrogens is 2. The zero-order valence-electron chi connectivity index (χ0n) is 8.48. The van der Waals surface area contributed by atoms with E-state index >= 15 is 0 Å². The molecule has 76 valence electrons. The molecular formula is C10H16N4. The maximum absolute atomic E-state index is 5.66. The number of hydrogen-bond acceptors (Lipinski definition) is 4. The second-order valence-corrected chi connectivity index (χ2v) is 3.76. The van der Waals surface area contributed by atoms with Gasteiger partial charge in [0.25, 0.3) is 0 Å². The maximum atomic E-state index is 5.66. The molecular weight excluding hydrogens is 176 g/mol. The SMILES string of the molecule is CC1CCCN1c1ncncc1CN. The van der Waals surface area contributed by atoms with Gasteiger partial charge < -0.3 is 10.6 Å². The quantitative estimate of drug-likeness (QED) is 0.757. The molecule has 2 heterocycles. The minimum Gasteiger partial charge on any atom is -0.354 e. The Balaban J connectivity index is 2.30. The summed E-state index contributed by atoms with van der Waals surface area (Å²) in [6, 6.07) is 0.579. The van der Waals surface area contributed by atoms with E-state index in [4.69, 9.17) is 5.73 Å². The van der Waals surface area contributed by atoms with E-state index < -0.39 is 0 Å². The molecule has 1 fully saturated rings. The lowest BCUT2D eigenvalue weighted by Crippen LogP contribution is -2.28. The molecule has 4 heteroatoms. The second-order valence-electron chi connectivity index (χ2n) is 3.76. The van der Waals surface area contributed by atoms with Gasteiger partial charge in [-0.25, -0.2) is 9.97 Å². The summed E-state index contributed by atoms with van der Waals surface area (Å²) in [5, 5.41) is 0. The summed E-state index contributed by atoms with van der Waals surface area (Å²) in [6.45, 7) is 3.83. The van der Waals surface area contributed by atoms with Gasteiger partial charge in [0.1, 0.15) is 12.1 Å². The van der Waals surface area contributed by atoms with Crippen molar-refractivity contribution in [3.8, 4) is 0 Å². The fourth-order valence-electron chi connectivity index (χ4n) is 2.00.